The summed E-state index contributed by atoms with van der Waals surface area (Å²) in [5.41, 5.74) is -0.460. The predicted molar refractivity (Wildman–Crippen MR) is 71.0 cm³/mol. The summed E-state index contributed by atoms with van der Waals surface area (Å²) in [5, 5.41) is 9.84. The smallest absolute Gasteiger partial charge is 0.377 e. The monoisotopic (exact) mass is 253 g/mol. The van der Waals surface area contributed by atoms with Crippen molar-refractivity contribution in [3.05, 3.63) is 0 Å². The molecule has 18 heavy (non-hydrogen) atoms. The molecule has 3 atom stereocenters. The number of nitrogens with zero attached hydrogens (tertiary/aromatic N) is 1. The number of carbonyl (C=O) groups is 1. The van der Waals surface area contributed by atoms with Crippen molar-refractivity contribution in [2.24, 2.45) is 11.8 Å². The van der Waals surface area contributed by atoms with E-state index in [0.29, 0.717) is 11.8 Å². The summed E-state index contributed by atoms with van der Waals surface area (Å²) in [6, 6.07) is -0.253. The van der Waals surface area contributed by atoms with Crippen molar-refractivity contribution >= 4 is 13.0 Å². The van der Waals surface area contributed by atoms with Gasteiger partial charge in [0.2, 0.25) is 0 Å². The van der Waals surface area contributed by atoms with Gasteiger partial charge in [0.05, 0.1) is 0 Å². The molecule has 0 amide bonds. The molecule has 0 aromatic rings. The van der Waals surface area contributed by atoms with Crippen molar-refractivity contribution in [2.45, 2.75) is 58.5 Å². The lowest BCUT2D eigenvalue weighted by Crippen LogP contribution is -2.49. The van der Waals surface area contributed by atoms with E-state index < -0.39 is 12.7 Å². The van der Waals surface area contributed by atoms with Gasteiger partial charge in [-0.05, 0) is 58.8 Å². The molecule has 5 heteroatoms. The van der Waals surface area contributed by atoms with Gasteiger partial charge in [0.15, 0.2) is 0 Å². The highest BCUT2D eigenvalue weighted by Gasteiger charge is 2.50. The van der Waals surface area contributed by atoms with Gasteiger partial charge in [-0.1, -0.05) is 6.42 Å². The minimum absolute atomic E-state index is 0.169. The lowest BCUT2D eigenvalue weighted by Gasteiger charge is -2.30. The van der Waals surface area contributed by atoms with Crippen molar-refractivity contribution in [3.63, 3.8) is 0 Å². The number of fused-ring (bicyclic) bond motifs is 1. The molecule has 1 aliphatic carbocycles. The highest BCUT2D eigenvalue weighted by Crippen LogP contribution is 2.43. The fraction of sp³-hybridized carbons (Fsp3) is 0.923. The maximum Gasteiger partial charge on any atom is 0.377 e. The molecule has 4 nitrogen and oxygen atoms in total. The summed E-state index contributed by atoms with van der Waals surface area (Å²) in [5.74, 6) is 0.754. The number of rotatable bonds is 2. The van der Waals surface area contributed by atoms with E-state index >= 15 is 0 Å². The zero-order chi connectivity index (χ0) is 13.5. The molecular formula is C13H24BNO3. The highest BCUT2D eigenvalue weighted by molar-refractivity contribution is 6.45. The molecule has 102 valence electrons. The number of carbonyl (C=O) groups excluding carboxylic acids is 1. The van der Waals surface area contributed by atoms with Crippen LogP contribution >= 0.6 is 0 Å². The van der Waals surface area contributed by atoms with Crippen LogP contribution in [0.4, 0.5) is 0 Å². The van der Waals surface area contributed by atoms with E-state index in [4.69, 9.17) is 4.74 Å². The molecule has 0 aromatic carbocycles. The molecule has 1 aliphatic heterocycles. The molecule has 0 bridgehead atoms. The number of ether oxygens (including phenoxy) is 1. The van der Waals surface area contributed by atoms with Gasteiger partial charge in [0.1, 0.15) is 11.6 Å². The third-order valence-corrected chi connectivity index (χ3v) is 4.05. The Kier molecular flexibility index (Phi) is 3.74. The lowest BCUT2D eigenvalue weighted by atomic mass is 9.83. The molecule has 1 saturated carbocycles. The van der Waals surface area contributed by atoms with Crippen molar-refractivity contribution in [2.75, 3.05) is 6.54 Å². The molecule has 2 fully saturated rings. The summed E-state index contributed by atoms with van der Waals surface area (Å²) in [4.78, 5) is 14.2. The third-order valence-electron chi connectivity index (χ3n) is 4.05. The maximum absolute atomic E-state index is 12.3. The van der Waals surface area contributed by atoms with E-state index in [0.717, 1.165) is 13.0 Å². The first-order valence-corrected chi connectivity index (χ1v) is 6.96. The fourth-order valence-electron chi connectivity index (χ4n) is 3.40. The van der Waals surface area contributed by atoms with Crippen LogP contribution in [0.3, 0.4) is 0 Å². The van der Waals surface area contributed by atoms with E-state index in [1.807, 2.05) is 25.6 Å². The minimum atomic E-state index is -0.576. The van der Waals surface area contributed by atoms with Gasteiger partial charge >= 0.3 is 13.0 Å². The third kappa shape index (κ3) is 2.72. The SMILES string of the molecule is CB(O)N1C[C@@H]2CCC[C@@H]2[C@H]1C(=O)OC(C)(C)C. The zero-order valence-electron chi connectivity index (χ0n) is 11.8. The van der Waals surface area contributed by atoms with Gasteiger partial charge in [0, 0.05) is 0 Å². The lowest BCUT2D eigenvalue weighted by molar-refractivity contribution is -0.160. The second-order valence-electron chi connectivity index (χ2n) is 6.66. The zero-order valence-corrected chi connectivity index (χ0v) is 11.8. The number of hydrogen-bond acceptors (Lipinski definition) is 4. The molecule has 0 unspecified atom stereocenters. The average molecular weight is 253 g/mol. The molecule has 0 radical (unpaired) electrons. The van der Waals surface area contributed by atoms with Crippen LogP contribution in [0, 0.1) is 11.8 Å². The Hall–Kier alpha value is -0.545. The van der Waals surface area contributed by atoms with E-state index in [1.165, 1.54) is 12.8 Å². The predicted octanol–water partition coefficient (Wildman–Crippen LogP) is 1.54. The van der Waals surface area contributed by atoms with Crippen molar-refractivity contribution < 1.29 is 14.6 Å². The van der Waals surface area contributed by atoms with Gasteiger partial charge in [-0.2, -0.15) is 0 Å². The van der Waals surface area contributed by atoms with Gasteiger partial charge < -0.3 is 14.6 Å². The Bertz CT molecular complexity index is 327. The van der Waals surface area contributed by atoms with Gasteiger partial charge in [-0.15, -0.1) is 0 Å². The van der Waals surface area contributed by atoms with Crippen LogP contribution in [0.25, 0.3) is 0 Å². The Morgan fingerprint density at radius 1 is 1.39 bits per heavy atom. The first kappa shape index (κ1) is 13.9. The van der Waals surface area contributed by atoms with Crippen LogP contribution in [-0.4, -0.2) is 41.0 Å². The van der Waals surface area contributed by atoms with E-state index in [2.05, 4.69) is 0 Å². The molecule has 2 aliphatic rings. The van der Waals surface area contributed by atoms with Crippen LogP contribution in [-0.2, 0) is 9.53 Å². The van der Waals surface area contributed by atoms with E-state index in [-0.39, 0.29) is 12.0 Å². The first-order chi connectivity index (χ1) is 8.29. The van der Waals surface area contributed by atoms with Crippen molar-refractivity contribution in [1.82, 2.24) is 4.81 Å². The van der Waals surface area contributed by atoms with Crippen LogP contribution < -0.4 is 0 Å². The fourth-order valence-corrected chi connectivity index (χ4v) is 3.40. The number of hydrogen-bond donors (Lipinski definition) is 1. The Labute approximate surface area is 110 Å². The molecule has 1 saturated heterocycles. The summed E-state index contributed by atoms with van der Waals surface area (Å²) >= 11 is 0. The van der Waals surface area contributed by atoms with Gasteiger partial charge in [-0.3, -0.25) is 4.79 Å². The summed E-state index contributed by atoms with van der Waals surface area (Å²) in [7, 11) is -0.576. The Balaban J connectivity index is 2.13. The Morgan fingerprint density at radius 2 is 2.06 bits per heavy atom. The van der Waals surface area contributed by atoms with Gasteiger partial charge in [-0.25, -0.2) is 0 Å². The summed E-state index contributed by atoms with van der Waals surface area (Å²) in [6.45, 7) is 8.22. The minimum Gasteiger partial charge on any atom is -0.459 e. The highest BCUT2D eigenvalue weighted by atomic mass is 16.6. The van der Waals surface area contributed by atoms with Crippen LogP contribution in [0.5, 0.6) is 0 Å². The number of esters is 1. The maximum atomic E-state index is 12.3. The molecular weight excluding hydrogens is 229 g/mol. The molecule has 0 spiro atoms. The second kappa shape index (κ2) is 4.85. The molecule has 0 aromatic heterocycles. The van der Waals surface area contributed by atoms with E-state index in [1.54, 1.807) is 6.82 Å². The van der Waals surface area contributed by atoms with Gasteiger partial charge in [0.25, 0.3) is 0 Å². The van der Waals surface area contributed by atoms with Crippen molar-refractivity contribution in [1.29, 1.82) is 0 Å². The Morgan fingerprint density at radius 3 is 2.61 bits per heavy atom. The normalized spacial score (nSPS) is 32.4. The molecule has 2 rings (SSSR count). The summed E-state index contributed by atoms with van der Waals surface area (Å²) < 4.78 is 5.52. The topological polar surface area (TPSA) is 49.8 Å². The van der Waals surface area contributed by atoms with Crippen LogP contribution in [0.1, 0.15) is 40.0 Å². The van der Waals surface area contributed by atoms with Crippen molar-refractivity contribution in [3.8, 4) is 0 Å². The molecule has 1 heterocycles. The quantitative estimate of drug-likeness (QED) is 0.599. The molecule has 1 N–H and O–H groups in total. The van der Waals surface area contributed by atoms with Crippen LogP contribution in [0.2, 0.25) is 6.82 Å². The standard InChI is InChI=1S/C13H24BNO3/c1-13(2,3)18-12(16)11-10-7-5-6-9(10)8-15(11)14(4)17/h9-11,17H,5-8H2,1-4H3/t9-,10-,11-/m0/s1. The van der Waals surface area contributed by atoms with E-state index in [9.17, 15) is 9.82 Å². The summed E-state index contributed by atoms with van der Waals surface area (Å²) in [6.07, 6.45) is 3.45. The largest absolute Gasteiger partial charge is 0.459 e. The first-order valence-electron chi connectivity index (χ1n) is 6.96. The average Bonchev–Trinajstić information content (AvgIpc) is 2.70. The van der Waals surface area contributed by atoms with Crippen LogP contribution in [0.15, 0.2) is 0 Å². The second-order valence-corrected chi connectivity index (χ2v) is 6.66.